The molecule has 0 atom stereocenters. The Morgan fingerprint density at radius 3 is 2.40 bits per heavy atom. The molecule has 7 nitrogen and oxygen atoms in total. The lowest BCUT2D eigenvalue weighted by atomic mass is 10.1. The molecular weight excluding hydrogens is 400 g/mol. The van der Waals surface area contributed by atoms with E-state index in [0.29, 0.717) is 44.4 Å². The molecule has 4 rings (SSSR count). The monoisotopic (exact) mass is 424 g/mol. The number of piperazine rings is 1. The molecule has 0 amide bonds. The standard InChI is InChI=1S/C22H24N4O3S/c1-18-7-9-20(10-8-18)22-23-21(29-24-22)17-25-12-14-26(15-13-25)30(27,28)16-11-19-5-3-2-4-6-19/h2-11,16H,12-15,17H2,1H3/b16-11+. The normalized spacial score (nSPS) is 16.3. The molecule has 156 valence electrons. The van der Waals surface area contributed by atoms with Gasteiger partial charge < -0.3 is 4.52 Å². The largest absolute Gasteiger partial charge is 0.338 e. The zero-order valence-electron chi connectivity index (χ0n) is 16.8. The van der Waals surface area contributed by atoms with Crippen molar-refractivity contribution in [3.05, 3.63) is 77.0 Å². The molecule has 0 bridgehead atoms. The first-order chi connectivity index (χ1) is 14.5. The summed E-state index contributed by atoms with van der Waals surface area (Å²) < 4.78 is 32.1. The van der Waals surface area contributed by atoms with Crippen LogP contribution in [0, 0.1) is 6.92 Å². The van der Waals surface area contributed by atoms with Gasteiger partial charge in [-0.1, -0.05) is 65.3 Å². The predicted octanol–water partition coefficient (Wildman–Crippen LogP) is 3.16. The highest BCUT2D eigenvalue weighted by molar-refractivity contribution is 7.92. The van der Waals surface area contributed by atoms with E-state index in [1.165, 1.54) is 15.3 Å². The summed E-state index contributed by atoms with van der Waals surface area (Å²) in [7, 11) is -3.44. The molecular formula is C22H24N4O3S. The van der Waals surface area contributed by atoms with Crippen molar-refractivity contribution in [1.29, 1.82) is 0 Å². The summed E-state index contributed by atoms with van der Waals surface area (Å²) in [4.78, 5) is 6.60. The smallest absolute Gasteiger partial charge is 0.241 e. The van der Waals surface area contributed by atoms with Crippen molar-refractivity contribution in [2.45, 2.75) is 13.5 Å². The van der Waals surface area contributed by atoms with E-state index in [-0.39, 0.29) is 0 Å². The molecule has 0 aliphatic carbocycles. The Kier molecular flexibility index (Phi) is 6.08. The number of aromatic nitrogens is 2. The maximum atomic E-state index is 12.6. The molecule has 1 saturated heterocycles. The fourth-order valence-electron chi connectivity index (χ4n) is 3.29. The molecule has 0 radical (unpaired) electrons. The van der Waals surface area contributed by atoms with Crippen LogP contribution >= 0.6 is 0 Å². The maximum Gasteiger partial charge on any atom is 0.241 e. The first-order valence-corrected chi connectivity index (χ1v) is 11.4. The summed E-state index contributed by atoms with van der Waals surface area (Å²) in [6, 6.07) is 17.4. The average Bonchev–Trinajstić information content (AvgIpc) is 3.22. The lowest BCUT2D eigenvalue weighted by molar-refractivity contribution is 0.164. The Morgan fingerprint density at radius 2 is 1.70 bits per heavy atom. The zero-order chi connectivity index (χ0) is 21.0. The van der Waals surface area contributed by atoms with E-state index in [0.717, 1.165) is 11.1 Å². The Hall–Kier alpha value is -2.81. The number of aryl methyl sites for hydroxylation is 1. The highest BCUT2D eigenvalue weighted by Crippen LogP contribution is 2.18. The van der Waals surface area contributed by atoms with Gasteiger partial charge in [-0.15, -0.1) is 0 Å². The molecule has 1 fully saturated rings. The van der Waals surface area contributed by atoms with E-state index >= 15 is 0 Å². The summed E-state index contributed by atoms with van der Waals surface area (Å²) >= 11 is 0. The number of rotatable bonds is 6. The van der Waals surface area contributed by atoms with Crippen molar-refractivity contribution in [2.75, 3.05) is 26.2 Å². The molecule has 1 aromatic heterocycles. The van der Waals surface area contributed by atoms with Crippen LogP contribution in [0.2, 0.25) is 0 Å². The van der Waals surface area contributed by atoms with Gasteiger partial charge in [0, 0.05) is 37.2 Å². The minimum Gasteiger partial charge on any atom is -0.338 e. The molecule has 2 aromatic carbocycles. The van der Waals surface area contributed by atoms with E-state index in [1.807, 2.05) is 61.5 Å². The van der Waals surface area contributed by atoms with Gasteiger partial charge >= 0.3 is 0 Å². The van der Waals surface area contributed by atoms with E-state index in [9.17, 15) is 8.42 Å². The fraction of sp³-hybridized carbons (Fsp3) is 0.273. The van der Waals surface area contributed by atoms with Crippen molar-refractivity contribution in [3.8, 4) is 11.4 Å². The topological polar surface area (TPSA) is 79.5 Å². The fourth-order valence-corrected chi connectivity index (χ4v) is 4.46. The van der Waals surface area contributed by atoms with Crippen LogP contribution in [0.5, 0.6) is 0 Å². The Bertz CT molecular complexity index is 1100. The number of hydrogen-bond acceptors (Lipinski definition) is 6. The third-order valence-corrected chi connectivity index (χ3v) is 6.62. The Labute approximate surface area is 176 Å². The van der Waals surface area contributed by atoms with Crippen LogP contribution in [-0.2, 0) is 16.6 Å². The van der Waals surface area contributed by atoms with E-state index in [2.05, 4.69) is 15.0 Å². The van der Waals surface area contributed by atoms with Crippen LogP contribution in [0.15, 0.2) is 64.5 Å². The molecule has 3 aromatic rings. The van der Waals surface area contributed by atoms with Gasteiger partial charge in [-0.25, -0.2) is 8.42 Å². The van der Waals surface area contributed by atoms with Crippen molar-refractivity contribution in [1.82, 2.24) is 19.3 Å². The van der Waals surface area contributed by atoms with Gasteiger partial charge in [0.1, 0.15) is 0 Å². The highest BCUT2D eigenvalue weighted by atomic mass is 32.2. The predicted molar refractivity (Wildman–Crippen MR) is 116 cm³/mol. The van der Waals surface area contributed by atoms with Crippen LogP contribution in [0.4, 0.5) is 0 Å². The van der Waals surface area contributed by atoms with Gasteiger partial charge in [0.05, 0.1) is 6.54 Å². The second-order valence-electron chi connectivity index (χ2n) is 7.31. The first-order valence-electron chi connectivity index (χ1n) is 9.85. The van der Waals surface area contributed by atoms with Crippen molar-refractivity contribution >= 4 is 16.1 Å². The van der Waals surface area contributed by atoms with Gasteiger partial charge in [0.15, 0.2) is 0 Å². The Morgan fingerprint density at radius 1 is 1.00 bits per heavy atom. The SMILES string of the molecule is Cc1ccc(-c2noc(CN3CCN(S(=O)(=O)/C=C/c4ccccc4)CC3)n2)cc1. The lowest BCUT2D eigenvalue weighted by Gasteiger charge is -2.32. The quantitative estimate of drug-likeness (QED) is 0.605. The summed E-state index contributed by atoms with van der Waals surface area (Å²) in [5.74, 6) is 1.10. The molecule has 8 heteroatoms. The van der Waals surface area contributed by atoms with E-state index < -0.39 is 10.0 Å². The minimum absolute atomic E-state index is 0.431. The highest BCUT2D eigenvalue weighted by Gasteiger charge is 2.26. The average molecular weight is 425 g/mol. The van der Waals surface area contributed by atoms with Gasteiger partial charge in [0.2, 0.25) is 21.7 Å². The van der Waals surface area contributed by atoms with Crippen LogP contribution in [0.1, 0.15) is 17.0 Å². The number of nitrogens with zero attached hydrogens (tertiary/aromatic N) is 4. The summed E-state index contributed by atoms with van der Waals surface area (Å²) in [6.07, 6.45) is 1.63. The second kappa shape index (κ2) is 8.91. The third kappa shape index (κ3) is 5.02. The number of hydrogen-bond donors (Lipinski definition) is 0. The van der Waals surface area contributed by atoms with Crippen LogP contribution in [-0.4, -0.2) is 53.9 Å². The number of sulfonamides is 1. The van der Waals surface area contributed by atoms with Crippen LogP contribution < -0.4 is 0 Å². The summed E-state index contributed by atoms with van der Waals surface area (Å²) in [6.45, 7) is 4.62. The Balaban J connectivity index is 1.32. The molecule has 1 aliphatic rings. The molecule has 30 heavy (non-hydrogen) atoms. The van der Waals surface area contributed by atoms with Crippen molar-refractivity contribution < 1.29 is 12.9 Å². The molecule has 0 unspecified atom stereocenters. The zero-order valence-corrected chi connectivity index (χ0v) is 17.6. The van der Waals surface area contributed by atoms with Crippen molar-refractivity contribution in [3.63, 3.8) is 0 Å². The molecule has 0 saturated carbocycles. The summed E-state index contributed by atoms with van der Waals surface area (Å²) in [5.41, 5.74) is 2.95. The first kappa shape index (κ1) is 20.5. The van der Waals surface area contributed by atoms with Gasteiger partial charge in [-0.3, -0.25) is 4.90 Å². The van der Waals surface area contributed by atoms with Gasteiger partial charge in [-0.2, -0.15) is 9.29 Å². The van der Waals surface area contributed by atoms with E-state index in [1.54, 1.807) is 6.08 Å². The third-order valence-electron chi connectivity index (χ3n) is 5.06. The lowest BCUT2D eigenvalue weighted by Crippen LogP contribution is -2.47. The molecule has 2 heterocycles. The van der Waals surface area contributed by atoms with Gasteiger partial charge in [0.25, 0.3) is 0 Å². The van der Waals surface area contributed by atoms with Crippen molar-refractivity contribution in [2.24, 2.45) is 0 Å². The molecule has 0 spiro atoms. The number of benzene rings is 2. The second-order valence-corrected chi connectivity index (χ2v) is 9.13. The van der Waals surface area contributed by atoms with Gasteiger partial charge in [-0.05, 0) is 18.6 Å². The minimum atomic E-state index is -3.44. The van der Waals surface area contributed by atoms with Crippen LogP contribution in [0.3, 0.4) is 0 Å². The van der Waals surface area contributed by atoms with Crippen LogP contribution in [0.25, 0.3) is 17.5 Å². The van der Waals surface area contributed by atoms with E-state index in [4.69, 9.17) is 4.52 Å². The molecule has 1 aliphatic heterocycles. The summed E-state index contributed by atoms with van der Waals surface area (Å²) in [5, 5.41) is 5.34. The maximum absolute atomic E-state index is 12.6. The molecule has 0 N–H and O–H groups in total.